The van der Waals surface area contributed by atoms with Crippen molar-refractivity contribution in [1.29, 1.82) is 0 Å². The third-order valence-corrected chi connectivity index (χ3v) is 6.02. The van der Waals surface area contributed by atoms with E-state index < -0.39 is 24.1 Å². The number of carboxylic acids is 1. The molecule has 1 saturated heterocycles. The Morgan fingerprint density at radius 1 is 1.03 bits per heavy atom. The summed E-state index contributed by atoms with van der Waals surface area (Å²) in [5, 5.41) is 23.0. The zero-order valence-corrected chi connectivity index (χ0v) is 17.9. The van der Waals surface area contributed by atoms with Gasteiger partial charge < -0.3 is 30.3 Å². The highest BCUT2D eigenvalue weighted by molar-refractivity contribution is 5.80. The zero-order valence-electron chi connectivity index (χ0n) is 17.9. The molecule has 2 aromatic carbocycles. The third kappa shape index (κ3) is 5.15. The van der Waals surface area contributed by atoms with E-state index in [4.69, 9.17) is 14.6 Å². The molecule has 1 fully saturated rings. The van der Waals surface area contributed by atoms with Crippen LogP contribution >= 0.6 is 0 Å². The van der Waals surface area contributed by atoms with Crippen molar-refractivity contribution in [2.75, 3.05) is 26.3 Å². The molecule has 0 aromatic heterocycles. The summed E-state index contributed by atoms with van der Waals surface area (Å²) in [5.74, 6) is -2.29. The van der Waals surface area contributed by atoms with E-state index in [1.165, 1.54) is 0 Å². The predicted octanol–water partition coefficient (Wildman–Crippen LogP) is 1.49. The number of carbonyl (C=O) groups is 3. The van der Waals surface area contributed by atoms with Gasteiger partial charge in [-0.1, -0.05) is 48.5 Å². The Balaban J connectivity index is 1.22. The summed E-state index contributed by atoms with van der Waals surface area (Å²) >= 11 is 0. The second-order valence-corrected chi connectivity index (χ2v) is 8.19. The largest absolute Gasteiger partial charge is 0.479 e. The second kappa shape index (κ2) is 10.0. The number of hydrogen-bond donors (Lipinski definition) is 4. The SMILES string of the molecule is O=C(NCC1CC(C(=O)NCC(O)C(=O)O)CO1)OCC1c2ccccc2-c2ccccc21. The number of fused-ring (bicyclic) bond motifs is 3. The number of nitrogens with one attached hydrogen (secondary N) is 2. The van der Waals surface area contributed by atoms with Crippen molar-refractivity contribution in [2.24, 2.45) is 5.92 Å². The molecular weight excluding hydrogens is 428 g/mol. The van der Waals surface area contributed by atoms with Crippen LogP contribution in [-0.2, 0) is 19.1 Å². The molecule has 3 unspecified atom stereocenters. The van der Waals surface area contributed by atoms with E-state index in [9.17, 15) is 19.5 Å². The van der Waals surface area contributed by atoms with Crippen molar-refractivity contribution in [3.05, 3.63) is 59.7 Å². The average Bonchev–Trinajstić information content (AvgIpc) is 3.42. The van der Waals surface area contributed by atoms with Crippen molar-refractivity contribution < 1.29 is 34.1 Å². The minimum Gasteiger partial charge on any atom is -0.479 e. The second-order valence-electron chi connectivity index (χ2n) is 8.19. The van der Waals surface area contributed by atoms with Gasteiger partial charge in [0, 0.05) is 12.5 Å². The maximum absolute atomic E-state index is 12.3. The Hall–Kier alpha value is -3.43. The molecule has 2 aliphatic rings. The third-order valence-electron chi connectivity index (χ3n) is 6.02. The van der Waals surface area contributed by atoms with E-state index in [0.29, 0.717) is 6.42 Å². The highest BCUT2D eigenvalue weighted by Crippen LogP contribution is 2.44. The van der Waals surface area contributed by atoms with E-state index in [2.05, 4.69) is 22.8 Å². The monoisotopic (exact) mass is 454 g/mol. The zero-order chi connectivity index (χ0) is 23.4. The average molecular weight is 454 g/mol. The first kappa shape index (κ1) is 22.8. The summed E-state index contributed by atoms with van der Waals surface area (Å²) in [6.45, 7) is 0.194. The van der Waals surface area contributed by atoms with Gasteiger partial charge in [0.15, 0.2) is 6.10 Å². The van der Waals surface area contributed by atoms with E-state index >= 15 is 0 Å². The Morgan fingerprint density at radius 2 is 1.67 bits per heavy atom. The lowest BCUT2D eigenvalue weighted by molar-refractivity contribution is -0.146. The van der Waals surface area contributed by atoms with Gasteiger partial charge in [-0.2, -0.15) is 0 Å². The molecule has 0 spiro atoms. The number of alkyl carbamates (subject to hydrolysis) is 1. The molecule has 0 bridgehead atoms. The number of aliphatic hydroxyl groups excluding tert-OH is 1. The first-order valence-corrected chi connectivity index (χ1v) is 10.8. The number of ether oxygens (including phenoxy) is 2. The molecule has 2 amide bonds. The van der Waals surface area contributed by atoms with Crippen molar-refractivity contribution in [3.63, 3.8) is 0 Å². The van der Waals surface area contributed by atoms with E-state index in [0.717, 1.165) is 22.3 Å². The molecule has 3 atom stereocenters. The highest BCUT2D eigenvalue weighted by Gasteiger charge is 2.32. The van der Waals surface area contributed by atoms with Crippen LogP contribution in [0, 0.1) is 5.92 Å². The van der Waals surface area contributed by atoms with Gasteiger partial charge in [0.25, 0.3) is 0 Å². The van der Waals surface area contributed by atoms with E-state index in [1.807, 2.05) is 36.4 Å². The molecule has 0 radical (unpaired) electrons. The number of amides is 2. The molecule has 174 valence electrons. The summed E-state index contributed by atoms with van der Waals surface area (Å²) in [7, 11) is 0. The Kier molecular flexibility index (Phi) is 6.90. The Labute approximate surface area is 190 Å². The van der Waals surface area contributed by atoms with Gasteiger partial charge in [0.2, 0.25) is 5.91 Å². The molecular formula is C24H26N2O7. The van der Waals surface area contributed by atoms with Gasteiger partial charge >= 0.3 is 12.1 Å². The number of carbonyl (C=O) groups excluding carboxylic acids is 2. The molecule has 1 aliphatic carbocycles. The van der Waals surface area contributed by atoms with Gasteiger partial charge in [-0.15, -0.1) is 0 Å². The molecule has 4 rings (SSSR count). The van der Waals surface area contributed by atoms with Crippen LogP contribution in [0.2, 0.25) is 0 Å². The number of carboxylic acid groups (broad SMARTS) is 1. The van der Waals surface area contributed by atoms with Crippen LogP contribution in [0.4, 0.5) is 4.79 Å². The van der Waals surface area contributed by atoms with Crippen LogP contribution in [0.5, 0.6) is 0 Å². The fourth-order valence-electron chi connectivity index (χ4n) is 4.31. The van der Waals surface area contributed by atoms with Crippen LogP contribution in [0.3, 0.4) is 0 Å². The van der Waals surface area contributed by atoms with Gasteiger partial charge in [-0.25, -0.2) is 9.59 Å². The van der Waals surface area contributed by atoms with Gasteiger partial charge in [0.05, 0.1) is 25.2 Å². The van der Waals surface area contributed by atoms with Crippen LogP contribution < -0.4 is 10.6 Å². The molecule has 9 heteroatoms. The lowest BCUT2D eigenvalue weighted by Gasteiger charge is -2.16. The maximum atomic E-state index is 12.3. The van der Waals surface area contributed by atoms with E-state index in [-0.39, 0.29) is 44.2 Å². The van der Waals surface area contributed by atoms with Crippen molar-refractivity contribution in [3.8, 4) is 11.1 Å². The summed E-state index contributed by atoms with van der Waals surface area (Å²) in [4.78, 5) is 35.0. The number of rotatable bonds is 8. The van der Waals surface area contributed by atoms with Gasteiger partial charge in [0.1, 0.15) is 6.61 Å². The molecule has 1 heterocycles. The normalized spacial score (nSPS) is 19.9. The topological polar surface area (TPSA) is 134 Å². The van der Waals surface area contributed by atoms with Crippen LogP contribution in [0.1, 0.15) is 23.5 Å². The Bertz CT molecular complexity index is 995. The van der Waals surface area contributed by atoms with Crippen molar-refractivity contribution in [2.45, 2.75) is 24.5 Å². The number of aliphatic hydroxyl groups is 1. The summed E-state index contributed by atoms with van der Waals surface area (Å²) < 4.78 is 11.0. The fraction of sp³-hybridized carbons (Fsp3) is 0.375. The standard InChI is InChI=1S/C24H26N2O7/c27-21(23(29)30)11-25-22(28)14-9-15(32-12-14)10-26-24(31)33-13-20-18-7-3-1-5-16(18)17-6-2-4-8-19(17)20/h1-8,14-15,20-21,27H,9-13H2,(H,25,28)(H,26,31)(H,29,30). The van der Waals surface area contributed by atoms with Crippen molar-refractivity contribution in [1.82, 2.24) is 10.6 Å². The van der Waals surface area contributed by atoms with Crippen LogP contribution in [0.25, 0.3) is 11.1 Å². The minimum absolute atomic E-state index is 0.0277. The quantitative estimate of drug-likeness (QED) is 0.475. The molecule has 9 nitrogen and oxygen atoms in total. The molecule has 2 aromatic rings. The number of aliphatic carboxylic acids is 1. The predicted molar refractivity (Wildman–Crippen MR) is 118 cm³/mol. The number of benzene rings is 2. The first-order valence-electron chi connectivity index (χ1n) is 10.8. The lowest BCUT2D eigenvalue weighted by atomic mass is 9.98. The molecule has 4 N–H and O–H groups in total. The fourth-order valence-corrected chi connectivity index (χ4v) is 4.31. The van der Waals surface area contributed by atoms with Crippen LogP contribution in [0.15, 0.2) is 48.5 Å². The lowest BCUT2D eigenvalue weighted by Crippen LogP contribution is -2.39. The summed E-state index contributed by atoms with van der Waals surface area (Å²) in [6, 6.07) is 16.2. The molecule has 0 saturated carbocycles. The van der Waals surface area contributed by atoms with Crippen molar-refractivity contribution >= 4 is 18.0 Å². The van der Waals surface area contributed by atoms with Crippen LogP contribution in [-0.4, -0.2) is 66.7 Å². The Morgan fingerprint density at radius 3 is 2.30 bits per heavy atom. The molecule has 33 heavy (non-hydrogen) atoms. The maximum Gasteiger partial charge on any atom is 0.407 e. The smallest absolute Gasteiger partial charge is 0.407 e. The minimum atomic E-state index is -1.65. The molecule has 1 aliphatic heterocycles. The summed E-state index contributed by atoms with van der Waals surface area (Å²) in [5.41, 5.74) is 4.57. The van der Waals surface area contributed by atoms with Gasteiger partial charge in [-0.05, 0) is 28.7 Å². The first-order chi connectivity index (χ1) is 15.9. The van der Waals surface area contributed by atoms with E-state index in [1.54, 1.807) is 0 Å². The highest BCUT2D eigenvalue weighted by atomic mass is 16.5. The number of hydrogen-bond acceptors (Lipinski definition) is 6. The van der Waals surface area contributed by atoms with Gasteiger partial charge in [-0.3, -0.25) is 4.79 Å². The summed E-state index contributed by atoms with van der Waals surface area (Å²) in [6.07, 6.45) is -2.19.